The largest absolute Gasteiger partial charge is 0.394 e. The topological polar surface area (TPSA) is 245 Å². The number of hydrogen-bond acceptors (Lipinski definition) is 13. The quantitative estimate of drug-likeness (QED) is 0.120. The molecule has 2 amide bonds. The van der Waals surface area contributed by atoms with E-state index in [1.165, 1.54) is 6.92 Å². The van der Waals surface area contributed by atoms with Crippen molar-refractivity contribution in [3.05, 3.63) is 0 Å². The second kappa shape index (κ2) is 13.8. The minimum atomic E-state index is -1.80. The molecule has 37 heavy (non-hydrogen) atoms. The van der Waals surface area contributed by atoms with Crippen LogP contribution < -0.4 is 10.6 Å². The smallest absolute Gasteiger partial charge is 0.222 e. The highest BCUT2D eigenvalue weighted by molar-refractivity contribution is 5.91. The fourth-order valence-corrected chi connectivity index (χ4v) is 4.05. The number of aliphatic hydroxyl groups is 7. The van der Waals surface area contributed by atoms with E-state index in [0.29, 0.717) is 0 Å². The number of Topliss-reactive ketones (excluding diaryl/α,β-unsaturated/α-hetero) is 1. The van der Waals surface area contributed by atoms with Crippen molar-refractivity contribution < 1.29 is 64.3 Å². The minimum Gasteiger partial charge on any atom is -0.394 e. The fourth-order valence-electron chi connectivity index (χ4n) is 4.05. The zero-order valence-electron chi connectivity index (χ0n) is 20.8. The Morgan fingerprint density at radius 1 is 0.784 bits per heavy atom. The number of hydrogen-bond donors (Lipinski definition) is 9. The zero-order chi connectivity index (χ0) is 28.0. The van der Waals surface area contributed by atoms with Crippen LogP contribution in [0.15, 0.2) is 0 Å². The predicted molar refractivity (Wildman–Crippen MR) is 121 cm³/mol. The summed E-state index contributed by atoms with van der Waals surface area (Å²) in [7, 11) is 0. The van der Waals surface area contributed by atoms with Crippen molar-refractivity contribution in [1.29, 1.82) is 0 Å². The number of amides is 2. The van der Waals surface area contributed by atoms with Gasteiger partial charge in [-0.2, -0.15) is 0 Å². The fraction of sp³-hybridized carbons (Fsp3) is 0.864. The first-order chi connectivity index (χ1) is 17.3. The van der Waals surface area contributed by atoms with Gasteiger partial charge in [-0.25, -0.2) is 0 Å². The summed E-state index contributed by atoms with van der Waals surface area (Å²) in [6.45, 7) is 3.44. The van der Waals surface area contributed by atoms with E-state index >= 15 is 0 Å². The van der Waals surface area contributed by atoms with Gasteiger partial charge < -0.3 is 60.6 Å². The summed E-state index contributed by atoms with van der Waals surface area (Å²) in [5.74, 6) is -1.70. The Morgan fingerprint density at radius 3 is 1.95 bits per heavy atom. The molecule has 0 aliphatic carbocycles. The Morgan fingerprint density at radius 2 is 1.38 bits per heavy atom. The molecule has 11 atom stereocenters. The third kappa shape index (κ3) is 7.86. The summed E-state index contributed by atoms with van der Waals surface area (Å²) in [4.78, 5) is 36.2. The SMILES string of the molecule is CC(C)C(=O)C(C)NC(=O)CCC(=O)N[C@@H]1OC(CO)[C@@H](O[C@@H]2OC(CO)[C@H](O)C(O)C2O)C(O)C1O. The number of ether oxygens (including phenoxy) is 3. The molecule has 2 saturated heterocycles. The van der Waals surface area contributed by atoms with Crippen molar-refractivity contribution in [2.45, 2.75) is 101 Å². The van der Waals surface area contributed by atoms with E-state index in [4.69, 9.17) is 14.2 Å². The minimum absolute atomic E-state index is 0.166. The van der Waals surface area contributed by atoms with Crippen molar-refractivity contribution >= 4 is 17.6 Å². The van der Waals surface area contributed by atoms with Gasteiger partial charge in [-0.15, -0.1) is 0 Å². The van der Waals surface area contributed by atoms with Gasteiger partial charge in [0.1, 0.15) is 48.8 Å². The third-order valence-electron chi connectivity index (χ3n) is 6.26. The van der Waals surface area contributed by atoms with Crippen LogP contribution in [-0.4, -0.2) is 134 Å². The first-order valence-corrected chi connectivity index (χ1v) is 12.0. The normalized spacial score (nSPS) is 37.2. The molecule has 0 aromatic rings. The second-order valence-corrected chi connectivity index (χ2v) is 9.47. The average molecular weight is 539 g/mol. The number of carbonyl (C=O) groups excluding carboxylic acids is 3. The highest BCUT2D eigenvalue weighted by Crippen LogP contribution is 2.28. The van der Waals surface area contributed by atoms with E-state index in [0.717, 1.165) is 0 Å². The van der Waals surface area contributed by atoms with Gasteiger partial charge in [-0.05, 0) is 6.92 Å². The Bertz CT molecular complexity index is 780. The van der Waals surface area contributed by atoms with Crippen LogP contribution in [0.5, 0.6) is 0 Å². The highest BCUT2D eigenvalue weighted by Gasteiger charge is 2.50. The molecule has 0 aromatic heterocycles. The van der Waals surface area contributed by atoms with Gasteiger partial charge in [0.2, 0.25) is 11.8 Å². The molecule has 0 spiro atoms. The molecule has 0 bridgehead atoms. The van der Waals surface area contributed by atoms with Crippen LogP contribution in [0.1, 0.15) is 33.6 Å². The van der Waals surface area contributed by atoms with Crippen molar-refractivity contribution in [2.24, 2.45) is 5.92 Å². The molecule has 9 N–H and O–H groups in total. The molecule has 15 nitrogen and oxygen atoms in total. The Kier molecular flexibility index (Phi) is 11.8. The summed E-state index contributed by atoms with van der Waals surface area (Å²) in [6, 6.07) is -0.722. The van der Waals surface area contributed by atoms with Gasteiger partial charge in [-0.3, -0.25) is 14.4 Å². The Hall–Kier alpha value is -1.79. The van der Waals surface area contributed by atoms with Crippen LogP contribution in [-0.2, 0) is 28.6 Å². The lowest BCUT2D eigenvalue weighted by atomic mass is 9.96. The van der Waals surface area contributed by atoms with Crippen LogP contribution in [0.3, 0.4) is 0 Å². The maximum Gasteiger partial charge on any atom is 0.222 e. The van der Waals surface area contributed by atoms with E-state index in [1.807, 2.05) is 0 Å². The number of nitrogens with one attached hydrogen (secondary N) is 2. The molecule has 2 rings (SSSR count). The molecule has 15 heteroatoms. The first-order valence-electron chi connectivity index (χ1n) is 12.0. The monoisotopic (exact) mass is 538 g/mol. The second-order valence-electron chi connectivity index (χ2n) is 9.47. The lowest BCUT2D eigenvalue weighted by Crippen LogP contribution is -2.66. The van der Waals surface area contributed by atoms with Gasteiger partial charge in [-0.1, -0.05) is 13.8 Å². The molecule has 2 fully saturated rings. The average Bonchev–Trinajstić information content (AvgIpc) is 2.86. The molecular weight excluding hydrogens is 500 g/mol. The molecule has 7 unspecified atom stereocenters. The van der Waals surface area contributed by atoms with Crippen LogP contribution in [0.25, 0.3) is 0 Å². The summed E-state index contributed by atoms with van der Waals surface area (Å²) >= 11 is 0. The number of rotatable bonds is 11. The van der Waals surface area contributed by atoms with E-state index in [9.17, 15) is 50.1 Å². The number of ketones is 1. The maximum absolute atomic E-state index is 12.3. The standard InChI is InChI=1S/C22H38N2O13/c1-8(2)14(29)9(3)23-12(27)4-5-13(28)24-21-18(33)17(32)20(11(7-26)35-21)37-22-19(34)16(31)15(30)10(6-25)36-22/h8-11,15-22,25-26,30-34H,4-7H2,1-3H3,(H,23,27)(H,24,28)/t9?,10?,11?,15-,16?,17?,18?,19?,20+,21+,22-/m0/s1. The number of aliphatic hydroxyl groups excluding tert-OH is 7. The summed E-state index contributed by atoms with van der Waals surface area (Å²) in [5.41, 5.74) is 0. The van der Waals surface area contributed by atoms with Crippen molar-refractivity contribution in [3.8, 4) is 0 Å². The summed E-state index contributed by atoms with van der Waals surface area (Å²) < 4.78 is 16.1. The zero-order valence-corrected chi connectivity index (χ0v) is 20.8. The van der Waals surface area contributed by atoms with Crippen LogP contribution in [0, 0.1) is 5.92 Å². The molecular formula is C22H38N2O13. The maximum atomic E-state index is 12.3. The Labute approximate surface area is 213 Å². The molecule has 2 heterocycles. The van der Waals surface area contributed by atoms with Gasteiger partial charge in [0.15, 0.2) is 18.3 Å². The third-order valence-corrected chi connectivity index (χ3v) is 6.26. The lowest BCUT2D eigenvalue weighted by Gasteiger charge is -2.46. The molecule has 0 saturated carbocycles. The highest BCUT2D eigenvalue weighted by atomic mass is 16.7. The Balaban J connectivity index is 1.94. The van der Waals surface area contributed by atoms with Gasteiger partial charge in [0.25, 0.3) is 0 Å². The summed E-state index contributed by atoms with van der Waals surface area (Å²) in [6.07, 6.45) is -16.7. The number of carbonyl (C=O) groups is 3. The van der Waals surface area contributed by atoms with Crippen LogP contribution in [0.4, 0.5) is 0 Å². The van der Waals surface area contributed by atoms with Crippen molar-refractivity contribution in [1.82, 2.24) is 10.6 Å². The molecule has 214 valence electrons. The van der Waals surface area contributed by atoms with Crippen LogP contribution >= 0.6 is 0 Å². The van der Waals surface area contributed by atoms with E-state index in [-0.39, 0.29) is 24.5 Å². The van der Waals surface area contributed by atoms with Crippen molar-refractivity contribution in [2.75, 3.05) is 13.2 Å². The predicted octanol–water partition coefficient (Wildman–Crippen LogP) is -4.76. The van der Waals surface area contributed by atoms with Gasteiger partial charge in [0.05, 0.1) is 19.3 Å². The van der Waals surface area contributed by atoms with E-state index in [1.54, 1.807) is 13.8 Å². The van der Waals surface area contributed by atoms with Crippen LogP contribution in [0.2, 0.25) is 0 Å². The summed E-state index contributed by atoms with van der Waals surface area (Å²) in [5, 5.41) is 74.8. The molecule has 2 aliphatic heterocycles. The van der Waals surface area contributed by atoms with Crippen molar-refractivity contribution in [3.63, 3.8) is 0 Å². The van der Waals surface area contributed by atoms with Gasteiger partial charge >= 0.3 is 0 Å². The lowest BCUT2D eigenvalue weighted by molar-refractivity contribution is -0.343. The van der Waals surface area contributed by atoms with E-state index in [2.05, 4.69) is 10.6 Å². The van der Waals surface area contributed by atoms with Gasteiger partial charge in [0, 0.05) is 18.8 Å². The first kappa shape index (κ1) is 31.4. The molecule has 0 radical (unpaired) electrons. The molecule has 2 aliphatic rings. The van der Waals surface area contributed by atoms with E-state index < -0.39 is 92.4 Å². The molecule has 0 aromatic carbocycles.